The van der Waals surface area contributed by atoms with Gasteiger partial charge in [-0.15, -0.1) is 0 Å². The number of aryl methyl sites for hydroxylation is 2. The van der Waals surface area contributed by atoms with Crippen LogP contribution in [0.2, 0.25) is 0 Å². The molecule has 126 valence electrons. The number of para-hydroxylation sites is 1. The maximum atomic E-state index is 12.3. The molecule has 0 saturated heterocycles. The highest BCUT2D eigenvalue weighted by Gasteiger charge is 2.17. The van der Waals surface area contributed by atoms with Crippen LogP contribution in [0.25, 0.3) is 0 Å². The van der Waals surface area contributed by atoms with Gasteiger partial charge in [0, 0.05) is 11.7 Å². The molecule has 1 saturated carbocycles. The number of carbonyl (C=O) groups excluding carboxylic acids is 1. The summed E-state index contributed by atoms with van der Waals surface area (Å²) in [5.41, 5.74) is 4.84. The smallest absolute Gasteiger partial charge is 0.270 e. The van der Waals surface area contributed by atoms with Crippen LogP contribution in [0.1, 0.15) is 53.7 Å². The van der Waals surface area contributed by atoms with Crippen molar-refractivity contribution in [2.45, 2.75) is 52.0 Å². The molecule has 1 aromatic heterocycles. The van der Waals surface area contributed by atoms with Crippen LogP contribution in [-0.2, 0) is 0 Å². The fraction of sp³-hybridized carbons (Fsp3) is 0.400. The van der Waals surface area contributed by atoms with Crippen LogP contribution in [0, 0.1) is 13.8 Å². The molecule has 1 aliphatic rings. The lowest BCUT2D eigenvalue weighted by atomic mass is 9.95. The van der Waals surface area contributed by atoms with Gasteiger partial charge in [-0.1, -0.05) is 37.5 Å². The summed E-state index contributed by atoms with van der Waals surface area (Å²) in [4.78, 5) is 16.6. The van der Waals surface area contributed by atoms with Crippen molar-refractivity contribution in [2.75, 3.05) is 5.32 Å². The molecule has 0 bridgehead atoms. The average molecular weight is 323 g/mol. The molecule has 0 radical (unpaired) electrons. The van der Waals surface area contributed by atoms with Gasteiger partial charge >= 0.3 is 0 Å². The summed E-state index contributed by atoms with van der Waals surface area (Å²) in [7, 11) is 0. The number of nitrogens with zero attached hydrogens (tertiary/aromatic N) is 1. The Morgan fingerprint density at radius 1 is 1.04 bits per heavy atom. The lowest BCUT2D eigenvalue weighted by Gasteiger charge is -2.22. The number of anilines is 2. The van der Waals surface area contributed by atoms with Gasteiger partial charge in [0.25, 0.3) is 5.91 Å². The van der Waals surface area contributed by atoms with Crippen molar-refractivity contribution in [3.05, 3.63) is 53.3 Å². The molecular weight excluding hydrogens is 298 g/mol. The largest absolute Gasteiger partial charge is 0.354 e. The van der Waals surface area contributed by atoms with Crippen molar-refractivity contribution in [3.8, 4) is 0 Å². The fourth-order valence-corrected chi connectivity index (χ4v) is 3.26. The van der Waals surface area contributed by atoms with Crippen LogP contribution in [-0.4, -0.2) is 16.9 Å². The van der Waals surface area contributed by atoms with Gasteiger partial charge in [0.1, 0.15) is 5.69 Å². The first-order valence-electron chi connectivity index (χ1n) is 8.73. The first kappa shape index (κ1) is 16.5. The number of hydrogen-bond donors (Lipinski definition) is 2. The normalized spacial score (nSPS) is 15.1. The number of rotatable bonds is 4. The molecule has 4 heteroatoms. The van der Waals surface area contributed by atoms with Gasteiger partial charge in [0.05, 0.1) is 11.9 Å². The number of pyridine rings is 1. The highest BCUT2D eigenvalue weighted by Crippen LogP contribution is 2.24. The quantitative estimate of drug-likeness (QED) is 0.870. The van der Waals surface area contributed by atoms with E-state index < -0.39 is 0 Å². The molecule has 2 aromatic rings. The van der Waals surface area contributed by atoms with E-state index in [1.54, 1.807) is 12.3 Å². The van der Waals surface area contributed by atoms with E-state index in [2.05, 4.69) is 41.6 Å². The molecular formula is C20H25N3O. The Hall–Kier alpha value is -2.36. The lowest BCUT2D eigenvalue weighted by Crippen LogP contribution is -2.36. The third-order valence-electron chi connectivity index (χ3n) is 4.69. The molecule has 0 unspecified atom stereocenters. The summed E-state index contributed by atoms with van der Waals surface area (Å²) in [6, 6.07) is 10.2. The third-order valence-corrected chi connectivity index (χ3v) is 4.69. The van der Waals surface area contributed by atoms with Gasteiger partial charge < -0.3 is 10.6 Å². The van der Waals surface area contributed by atoms with Gasteiger partial charge in [-0.25, -0.2) is 4.98 Å². The molecule has 1 heterocycles. The predicted molar refractivity (Wildman–Crippen MR) is 97.8 cm³/mol. The monoisotopic (exact) mass is 323 g/mol. The summed E-state index contributed by atoms with van der Waals surface area (Å²) in [5, 5.41) is 6.49. The number of amides is 1. The SMILES string of the molecule is Cc1cccc(C)c1Nc1ccc(C(=O)NC2CCCCC2)nc1. The minimum Gasteiger partial charge on any atom is -0.354 e. The summed E-state index contributed by atoms with van der Waals surface area (Å²) in [6.45, 7) is 4.16. The number of nitrogens with one attached hydrogen (secondary N) is 2. The minimum absolute atomic E-state index is 0.0690. The van der Waals surface area contributed by atoms with Crippen molar-refractivity contribution in [1.82, 2.24) is 10.3 Å². The zero-order valence-corrected chi connectivity index (χ0v) is 14.4. The fourth-order valence-electron chi connectivity index (χ4n) is 3.26. The van der Waals surface area contributed by atoms with Gasteiger partial charge in [-0.05, 0) is 49.9 Å². The van der Waals surface area contributed by atoms with Crippen LogP contribution < -0.4 is 10.6 Å². The molecule has 1 fully saturated rings. The van der Waals surface area contributed by atoms with E-state index in [0.717, 1.165) is 24.2 Å². The predicted octanol–water partition coefficient (Wildman–Crippen LogP) is 4.50. The summed E-state index contributed by atoms with van der Waals surface area (Å²) < 4.78 is 0. The van der Waals surface area contributed by atoms with E-state index in [1.807, 2.05) is 12.1 Å². The Morgan fingerprint density at radius 3 is 2.38 bits per heavy atom. The zero-order valence-electron chi connectivity index (χ0n) is 14.4. The van der Waals surface area contributed by atoms with E-state index in [-0.39, 0.29) is 5.91 Å². The van der Waals surface area contributed by atoms with Crippen molar-refractivity contribution in [2.24, 2.45) is 0 Å². The molecule has 0 spiro atoms. The van der Waals surface area contributed by atoms with E-state index >= 15 is 0 Å². The van der Waals surface area contributed by atoms with Crippen LogP contribution in [0.5, 0.6) is 0 Å². The second kappa shape index (κ2) is 7.47. The van der Waals surface area contributed by atoms with Crippen LogP contribution in [0.3, 0.4) is 0 Å². The second-order valence-electron chi connectivity index (χ2n) is 6.63. The van der Waals surface area contributed by atoms with Gasteiger partial charge in [-0.3, -0.25) is 4.79 Å². The summed E-state index contributed by atoms with van der Waals surface area (Å²) in [6.07, 6.45) is 7.58. The first-order valence-corrected chi connectivity index (χ1v) is 8.73. The molecule has 0 aliphatic heterocycles. The Morgan fingerprint density at radius 2 is 1.75 bits per heavy atom. The number of hydrogen-bond acceptors (Lipinski definition) is 3. The third kappa shape index (κ3) is 3.94. The molecule has 2 N–H and O–H groups in total. The average Bonchev–Trinajstić information content (AvgIpc) is 2.60. The van der Waals surface area contributed by atoms with Gasteiger partial charge in [0.15, 0.2) is 0 Å². The first-order chi connectivity index (χ1) is 11.6. The molecule has 0 atom stereocenters. The molecule has 1 amide bonds. The van der Waals surface area contributed by atoms with Crippen molar-refractivity contribution >= 4 is 17.3 Å². The van der Waals surface area contributed by atoms with Crippen molar-refractivity contribution in [3.63, 3.8) is 0 Å². The Kier molecular flexibility index (Phi) is 5.14. The van der Waals surface area contributed by atoms with E-state index in [9.17, 15) is 4.79 Å². The topological polar surface area (TPSA) is 54.0 Å². The lowest BCUT2D eigenvalue weighted by molar-refractivity contribution is 0.0922. The van der Waals surface area contributed by atoms with Gasteiger partial charge in [0.2, 0.25) is 0 Å². The van der Waals surface area contributed by atoms with E-state index in [0.29, 0.717) is 11.7 Å². The molecule has 24 heavy (non-hydrogen) atoms. The molecule has 1 aromatic carbocycles. The maximum Gasteiger partial charge on any atom is 0.270 e. The van der Waals surface area contributed by atoms with Crippen LogP contribution in [0.4, 0.5) is 11.4 Å². The van der Waals surface area contributed by atoms with Crippen molar-refractivity contribution in [1.29, 1.82) is 0 Å². The molecule has 3 rings (SSSR count). The number of aromatic nitrogens is 1. The maximum absolute atomic E-state index is 12.3. The number of carbonyl (C=O) groups is 1. The second-order valence-corrected chi connectivity index (χ2v) is 6.63. The van der Waals surface area contributed by atoms with E-state index in [4.69, 9.17) is 0 Å². The van der Waals surface area contributed by atoms with Crippen LogP contribution in [0.15, 0.2) is 36.5 Å². The Balaban J connectivity index is 1.65. The number of benzene rings is 1. The molecule has 4 nitrogen and oxygen atoms in total. The minimum atomic E-state index is -0.0690. The van der Waals surface area contributed by atoms with Crippen molar-refractivity contribution < 1.29 is 4.79 Å². The Labute approximate surface area is 143 Å². The van der Waals surface area contributed by atoms with Crippen LogP contribution >= 0.6 is 0 Å². The summed E-state index contributed by atoms with van der Waals surface area (Å²) in [5.74, 6) is -0.0690. The van der Waals surface area contributed by atoms with E-state index in [1.165, 1.54) is 30.4 Å². The zero-order chi connectivity index (χ0) is 16.9. The van der Waals surface area contributed by atoms with Gasteiger partial charge in [-0.2, -0.15) is 0 Å². The highest BCUT2D eigenvalue weighted by molar-refractivity contribution is 5.92. The standard InChI is InChI=1S/C20H25N3O/c1-14-7-6-8-15(2)19(14)22-17-11-12-18(21-13-17)20(24)23-16-9-4-3-5-10-16/h6-8,11-13,16,22H,3-5,9-10H2,1-2H3,(H,23,24). The highest BCUT2D eigenvalue weighted by atomic mass is 16.1. The Bertz CT molecular complexity index is 683. The summed E-state index contributed by atoms with van der Waals surface area (Å²) >= 11 is 0. The molecule has 1 aliphatic carbocycles.